The summed E-state index contributed by atoms with van der Waals surface area (Å²) in [7, 11) is 0. The zero-order valence-electron chi connectivity index (χ0n) is 16.3. The topological polar surface area (TPSA) is 17.1 Å². The molecule has 0 saturated heterocycles. The van der Waals surface area contributed by atoms with E-state index in [1.54, 1.807) is 0 Å². The summed E-state index contributed by atoms with van der Waals surface area (Å²) in [6.07, 6.45) is 0. The van der Waals surface area contributed by atoms with Gasteiger partial charge in [-0.05, 0) is 72.8 Å². The molecule has 4 aromatic carbocycles. The van der Waals surface area contributed by atoms with Gasteiger partial charge in [0.05, 0.1) is 0 Å². The molecule has 4 aromatic rings. The van der Waals surface area contributed by atoms with Crippen LogP contribution in [-0.4, -0.2) is 5.78 Å². The van der Waals surface area contributed by atoms with Crippen LogP contribution in [0.15, 0.2) is 109 Å². The maximum absolute atomic E-state index is 12.8. The smallest absolute Gasteiger partial charge is 0.193 e. The van der Waals surface area contributed by atoms with Gasteiger partial charge in [0.1, 0.15) is 0 Å². The van der Waals surface area contributed by atoms with E-state index in [1.165, 1.54) is 0 Å². The minimum atomic E-state index is -0.0138. The minimum absolute atomic E-state index is 0.0138. The maximum Gasteiger partial charge on any atom is 0.193 e. The van der Waals surface area contributed by atoms with Gasteiger partial charge in [0, 0.05) is 33.4 Å². The highest BCUT2D eigenvalue weighted by atomic mass is 16.1. The van der Waals surface area contributed by atoms with Crippen LogP contribution in [0.1, 0.15) is 38.2 Å². The SMILES string of the molecule is O=C(c1ccc(C#Cc2ccccc2)cc1)c1ccc(C#Cc2ccccc2)cc1. The van der Waals surface area contributed by atoms with Crippen LogP contribution in [0, 0.1) is 23.7 Å². The first-order valence-corrected chi connectivity index (χ1v) is 9.67. The second-order valence-corrected chi connectivity index (χ2v) is 6.72. The Morgan fingerprint density at radius 2 is 0.700 bits per heavy atom. The molecular formula is C29H18O. The third-order valence-corrected chi connectivity index (χ3v) is 4.54. The first-order chi connectivity index (χ1) is 14.8. The van der Waals surface area contributed by atoms with Crippen LogP contribution in [0.5, 0.6) is 0 Å². The summed E-state index contributed by atoms with van der Waals surface area (Å²) in [4.78, 5) is 12.8. The zero-order chi connectivity index (χ0) is 20.6. The number of carbonyl (C=O) groups excluding carboxylic acids is 1. The Balaban J connectivity index is 1.45. The first-order valence-electron chi connectivity index (χ1n) is 9.67. The normalized spacial score (nSPS) is 9.60. The Bertz CT molecular complexity index is 1160. The van der Waals surface area contributed by atoms with E-state index in [-0.39, 0.29) is 5.78 Å². The van der Waals surface area contributed by atoms with Crippen molar-refractivity contribution in [3.63, 3.8) is 0 Å². The average molecular weight is 382 g/mol. The van der Waals surface area contributed by atoms with Crippen molar-refractivity contribution in [2.45, 2.75) is 0 Å². The van der Waals surface area contributed by atoms with Gasteiger partial charge in [-0.25, -0.2) is 0 Å². The van der Waals surface area contributed by atoms with Gasteiger partial charge < -0.3 is 0 Å². The van der Waals surface area contributed by atoms with Crippen molar-refractivity contribution in [3.05, 3.63) is 143 Å². The van der Waals surface area contributed by atoms with Crippen LogP contribution in [0.4, 0.5) is 0 Å². The number of benzene rings is 4. The van der Waals surface area contributed by atoms with E-state index < -0.39 is 0 Å². The standard InChI is InChI=1S/C29H18O/c30-29(27-19-15-25(16-20-27)13-11-23-7-3-1-4-8-23)28-21-17-26(18-22-28)14-12-24-9-5-2-6-10-24/h1-10,15-22H. The fraction of sp³-hybridized carbons (Fsp3) is 0. The highest BCUT2D eigenvalue weighted by Crippen LogP contribution is 2.12. The lowest BCUT2D eigenvalue weighted by Crippen LogP contribution is -2.01. The van der Waals surface area contributed by atoms with E-state index in [0.717, 1.165) is 22.3 Å². The van der Waals surface area contributed by atoms with Gasteiger partial charge in [-0.15, -0.1) is 0 Å². The molecule has 140 valence electrons. The fourth-order valence-electron chi connectivity index (χ4n) is 2.91. The molecule has 1 heteroatoms. The van der Waals surface area contributed by atoms with Gasteiger partial charge in [0.25, 0.3) is 0 Å². The number of hydrogen-bond donors (Lipinski definition) is 0. The van der Waals surface area contributed by atoms with E-state index in [9.17, 15) is 4.79 Å². The van der Waals surface area contributed by atoms with Gasteiger partial charge in [-0.2, -0.15) is 0 Å². The van der Waals surface area contributed by atoms with Crippen LogP contribution in [-0.2, 0) is 0 Å². The highest BCUT2D eigenvalue weighted by molar-refractivity contribution is 6.09. The summed E-state index contributed by atoms with van der Waals surface area (Å²) in [5, 5.41) is 0. The monoisotopic (exact) mass is 382 g/mol. The Hall–Kier alpha value is -4.33. The number of carbonyl (C=O) groups is 1. The van der Waals surface area contributed by atoms with Gasteiger partial charge in [0.2, 0.25) is 0 Å². The molecule has 0 aliphatic rings. The quantitative estimate of drug-likeness (QED) is 0.320. The molecule has 0 unspecified atom stereocenters. The Labute approximate surface area is 177 Å². The third-order valence-electron chi connectivity index (χ3n) is 4.54. The van der Waals surface area contributed by atoms with Crippen LogP contribution in [0.2, 0.25) is 0 Å². The van der Waals surface area contributed by atoms with Crippen molar-refractivity contribution < 1.29 is 4.79 Å². The van der Waals surface area contributed by atoms with Crippen molar-refractivity contribution in [3.8, 4) is 23.7 Å². The summed E-state index contributed by atoms with van der Waals surface area (Å²) >= 11 is 0. The summed E-state index contributed by atoms with van der Waals surface area (Å²) in [6.45, 7) is 0. The highest BCUT2D eigenvalue weighted by Gasteiger charge is 2.08. The number of rotatable bonds is 2. The molecule has 0 fully saturated rings. The van der Waals surface area contributed by atoms with Crippen LogP contribution in [0.25, 0.3) is 0 Å². The van der Waals surface area contributed by atoms with Crippen molar-refractivity contribution in [1.82, 2.24) is 0 Å². The number of ketones is 1. The van der Waals surface area contributed by atoms with Crippen LogP contribution in [0.3, 0.4) is 0 Å². The Morgan fingerprint density at radius 3 is 1.03 bits per heavy atom. The predicted octanol–water partition coefficient (Wildman–Crippen LogP) is 5.72. The molecule has 0 N–H and O–H groups in total. The summed E-state index contributed by atoms with van der Waals surface area (Å²) < 4.78 is 0. The lowest BCUT2D eigenvalue weighted by molar-refractivity contribution is 0.103. The van der Waals surface area contributed by atoms with Crippen molar-refractivity contribution >= 4 is 5.78 Å². The predicted molar refractivity (Wildman–Crippen MR) is 121 cm³/mol. The molecule has 0 bridgehead atoms. The molecule has 0 heterocycles. The maximum atomic E-state index is 12.8. The molecule has 30 heavy (non-hydrogen) atoms. The summed E-state index contributed by atoms with van der Waals surface area (Å²) in [5.41, 5.74) is 4.97. The molecule has 0 amide bonds. The molecule has 0 atom stereocenters. The molecule has 0 aliphatic carbocycles. The van der Waals surface area contributed by atoms with Crippen LogP contribution < -0.4 is 0 Å². The van der Waals surface area contributed by atoms with Gasteiger partial charge in [0.15, 0.2) is 5.78 Å². The molecule has 1 nitrogen and oxygen atoms in total. The van der Waals surface area contributed by atoms with Gasteiger partial charge in [-0.1, -0.05) is 60.1 Å². The van der Waals surface area contributed by atoms with Crippen molar-refractivity contribution in [2.24, 2.45) is 0 Å². The minimum Gasteiger partial charge on any atom is -0.289 e. The first kappa shape index (κ1) is 19.0. The third kappa shape index (κ3) is 4.93. The molecule has 0 saturated carbocycles. The molecule has 4 rings (SSSR count). The molecule has 0 radical (unpaired) electrons. The molecule has 0 aliphatic heterocycles. The zero-order valence-corrected chi connectivity index (χ0v) is 16.3. The van der Waals surface area contributed by atoms with E-state index in [4.69, 9.17) is 0 Å². The Morgan fingerprint density at radius 1 is 0.400 bits per heavy atom. The van der Waals surface area contributed by atoms with Crippen LogP contribution >= 0.6 is 0 Å². The van der Waals surface area contributed by atoms with E-state index >= 15 is 0 Å². The van der Waals surface area contributed by atoms with Gasteiger partial charge >= 0.3 is 0 Å². The second kappa shape index (κ2) is 9.24. The van der Waals surface area contributed by atoms with E-state index in [2.05, 4.69) is 23.7 Å². The average Bonchev–Trinajstić information content (AvgIpc) is 2.83. The molecule has 0 spiro atoms. The summed E-state index contributed by atoms with van der Waals surface area (Å²) in [6, 6.07) is 34.5. The fourth-order valence-corrected chi connectivity index (χ4v) is 2.91. The van der Waals surface area contributed by atoms with Crippen molar-refractivity contribution in [1.29, 1.82) is 0 Å². The van der Waals surface area contributed by atoms with E-state index in [0.29, 0.717) is 11.1 Å². The van der Waals surface area contributed by atoms with Crippen molar-refractivity contribution in [2.75, 3.05) is 0 Å². The Kier molecular flexibility index (Phi) is 5.86. The lowest BCUT2D eigenvalue weighted by atomic mass is 10.0. The largest absolute Gasteiger partial charge is 0.289 e. The van der Waals surface area contributed by atoms with E-state index in [1.807, 2.05) is 109 Å². The van der Waals surface area contributed by atoms with Gasteiger partial charge in [-0.3, -0.25) is 4.79 Å². The molecular weight excluding hydrogens is 364 g/mol. The lowest BCUT2D eigenvalue weighted by Gasteiger charge is -2.02. The molecule has 0 aromatic heterocycles. The second-order valence-electron chi connectivity index (χ2n) is 6.72. The number of hydrogen-bond acceptors (Lipinski definition) is 1. The summed E-state index contributed by atoms with van der Waals surface area (Å²) in [5.74, 6) is 12.5.